The van der Waals surface area contributed by atoms with E-state index in [0.717, 1.165) is 17.2 Å². The topological polar surface area (TPSA) is 67.3 Å². The van der Waals surface area contributed by atoms with Crippen molar-refractivity contribution in [2.75, 3.05) is 25.7 Å². The van der Waals surface area contributed by atoms with Crippen LogP contribution in [0, 0.1) is 6.92 Å². The molecule has 0 spiro atoms. The molecule has 1 aliphatic carbocycles. The molecule has 1 amide bonds. The highest BCUT2D eigenvalue weighted by Gasteiger charge is 2.21. The molecule has 1 aromatic heterocycles. The molecule has 0 saturated heterocycles. The molecule has 24 heavy (non-hydrogen) atoms. The van der Waals surface area contributed by atoms with Gasteiger partial charge in [-0.1, -0.05) is 19.3 Å². The zero-order valence-electron chi connectivity index (χ0n) is 15.3. The van der Waals surface area contributed by atoms with Crippen LogP contribution >= 0.6 is 0 Å². The minimum Gasteiger partial charge on any atom is -0.384 e. The van der Waals surface area contributed by atoms with Gasteiger partial charge in [-0.3, -0.25) is 4.79 Å². The fourth-order valence-corrected chi connectivity index (χ4v) is 3.28. The monoisotopic (exact) mass is 334 g/mol. The van der Waals surface area contributed by atoms with Gasteiger partial charge in [0.1, 0.15) is 0 Å². The summed E-state index contributed by atoms with van der Waals surface area (Å²) in [5.41, 5.74) is 1.88. The third-order valence-electron chi connectivity index (χ3n) is 4.82. The fourth-order valence-electron chi connectivity index (χ4n) is 3.28. The van der Waals surface area contributed by atoms with Gasteiger partial charge in [0, 0.05) is 44.1 Å². The molecular weight excluding hydrogens is 304 g/mol. The highest BCUT2D eigenvalue weighted by molar-refractivity contribution is 5.76. The molecule has 1 aliphatic rings. The molecule has 1 fully saturated rings. The SMILES string of the molecule is COCCC(=O)NC(C)c1cnc(N(C)C2CCCCC2)nc1C. The van der Waals surface area contributed by atoms with Crippen molar-refractivity contribution in [3.63, 3.8) is 0 Å². The molecule has 1 N–H and O–H groups in total. The van der Waals surface area contributed by atoms with E-state index >= 15 is 0 Å². The van der Waals surface area contributed by atoms with Crippen LogP contribution in [-0.2, 0) is 9.53 Å². The molecule has 0 radical (unpaired) electrons. The lowest BCUT2D eigenvalue weighted by atomic mass is 9.95. The number of hydrogen-bond acceptors (Lipinski definition) is 5. The van der Waals surface area contributed by atoms with Crippen LogP contribution in [0.3, 0.4) is 0 Å². The maximum atomic E-state index is 11.8. The van der Waals surface area contributed by atoms with E-state index < -0.39 is 0 Å². The Bertz CT molecular complexity index is 544. The number of nitrogens with zero attached hydrogens (tertiary/aromatic N) is 3. The number of rotatable bonds is 7. The molecule has 0 aliphatic heterocycles. The zero-order chi connectivity index (χ0) is 17.5. The Labute approximate surface area is 145 Å². The Hall–Kier alpha value is -1.69. The van der Waals surface area contributed by atoms with Crippen molar-refractivity contribution in [2.45, 2.75) is 64.5 Å². The molecule has 1 atom stereocenters. The molecule has 6 heteroatoms. The summed E-state index contributed by atoms with van der Waals surface area (Å²) < 4.78 is 4.93. The van der Waals surface area contributed by atoms with E-state index in [9.17, 15) is 4.79 Å². The van der Waals surface area contributed by atoms with Crippen LogP contribution in [0.25, 0.3) is 0 Å². The number of aryl methyl sites for hydroxylation is 1. The molecule has 6 nitrogen and oxygen atoms in total. The van der Waals surface area contributed by atoms with Crippen molar-refractivity contribution < 1.29 is 9.53 Å². The number of carbonyl (C=O) groups excluding carboxylic acids is 1. The molecule has 2 rings (SSSR count). The Kier molecular flexibility index (Phi) is 6.97. The van der Waals surface area contributed by atoms with Gasteiger partial charge in [0.05, 0.1) is 12.6 Å². The Morgan fingerprint density at radius 3 is 2.75 bits per heavy atom. The first-order chi connectivity index (χ1) is 11.5. The molecule has 1 unspecified atom stereocenters. The van der Waals surface area contributed by atoms with Gasteiger partial charge in [-0.05, 0) is 26.7 Å². The van der Waals surface area contributed by atoms with E-state index in [4.69, 9.17) is 4.74 Å². The minimum absolute atomic E-state index is 0.0212. The summed E-state index contributed by atoms with van der Waals surface area (Å²) in [6.07, 6.45) is 8.55. The van der Waals surface area contributed by atoms with Crippen LogP contribution in [0.2, 0.25) is 0 Å². The number of amides is 1. The lowest BCUT2D eigenvalue weighted by Crippen LogP contribution is -2.35. The van der Waals surface area contributed by atoms with E-state index in [1.807, 2.05) is 20.0 Å². The number of carbonyl (C=O) groups is 1. The zero-order valence-corrected chi connectivity index (χ0v) is 15.3. The summed E-state index contributed by atoms with van der Waals surface area (Å²) in [6, 6.07) is 0.429. The molecule has 0 bridgehead atoms. The van der Waals surface area contributed by atoms with Gasteiger partial charge in [-0.25, -0.2) is 9.97 Å². The maximum absolute atomic E-state index is 11.8. The van der Waals surface area contributed by atoms with Crippen LogP contribution < -0.4 is 10.2 Å². The first kappa shape index (κ1) is 18.6. The van der Waals surface area contributed by atoms with Crippen molar-refractivity contribution in [1.29, 1.82) is 0 Å². The van der Waals surface area contributed by atoms with Crippen molar-refractivity contribution in [2.24, 2.45) is 0 Å². The predicted octanol–water partition coefficient (Wildman–Crippen LogP) is 2.77. The lowest BCUT2D eigenvalue weighted by molar-refractivity contribution is -0.122. The average Bonchev–Trinajstić information content (AvgIpc) is 2.59. The van der Waals surface area contributed by atoms with E-state index in [2.05, 4.69) is 27.2 Å². The van der Waals surface area contributed by atoms with Gasteiger partial charge in [-0.15, -0.1) is 0 Å². The Balaban J connectivity index is 2.01. The first-order valence-electron chi connectivity index (χ1n) is 8.87. The van der Waals surface area contributed by atoms with E-state index in [-0.39, 0.29) is 11.9 Å². The summed E-state index contributed by atoms with van der Waals surface area (Å²) in [5, 5.41) is 2.97. The number of aromatic nitrogens is 2. The second kappa shape index (κ2) is 8.97. The minimum atomic E-state index is -0.108. The largest absolute Gasteiger partial charge is 0.384 e. The maximum Gasteiger partial charge on any atom is 0.225 e. The lowest BCUT2D eigenvalue weighted by Gasteiger charge is -2.31. The number of anilines is 1. The van der Waals surface area contributed by atoms with Gasteiger partial charge < -0.3 is 15.0 Å². The van der Waals surface area contributed by atoms with Crippen molar-refractivity contribution in [3.8, 4) is 0 Å². The quantitative estimate of drug-likeness (QED) is 0.830. The number of ether oxygens (including phenoxy) is 1. The predicted molar refractivity (Wildman–Crippen MR) is 95.1 cm³/mol. The number of methoxy groups -OCH3 is 1. The van der Waals surface area contributed by atoms with Gasteiger partial charge in [0.25, 0.3) is 0 Å². The molecule has 1 saturated carbocycles. The van der Waals surface area contributed by atoms with Gasteiger partial charge in [0.15, 0.2) is 0 Å². The molecule has 1 aromatic rings. The summed E-state index contributed by atoms with van der Waals surface area (Å²) in [7, 11) is 3.68. The number of nitrogens with one attached hydrogen (secondary N) is 1. The van der Waals surface area contributed by atoms with Gasteiger partial charge in [0.2, 0.25) is 11.9 Å². The average molecular weight is 334 g/mol. The van der Waals surface area contributed by atoms with Crippen LogP contribution in [0.4, 0.5) is 5.95 Å². The third-order valence-corrected chi connectivity index (χ3v) is 4.82. The normalized spacial score (nSPS) is 16.7. The second-order valence-electron chi connectivity index (χ2n) is 6.65. The smallest absolute Gasteiger partial charge is 0.225 e. The number of hydrogen-bond donors (Lipinski definition) is 1. The molecular formula is C18H30N4O2. The summed E-state index contributed by atoms with van der Waals surface area (Å²) >= 11 is 0. The second-order valence-corrected chi connectivity index (χ2v) is 6.65. The van der Waals surface area contributed by atoms with Crippen LogP contribution in [-0.4, -0.2) is 42.7 Å². The molecule has 134 valence electrons. The highest BCUT2D eigenvalue weighted by atomic mass is 16.5. The van der Waals surface area contributed by atoms with Crippen LogP contribution in [0.15, 0.2) is 6.20 Å². The Morgan fingerprint density at radius 2 is 2.12 bits per heavy atom. The van der Waals surface area contributed by atoms with E-state index in [1.165, 1.54) is 32.1 Å². The summed E-state index contributed by atoms with van der Waals surface area (Å²) in [4.78, 5) is 23.3. The highest BCUT2D eigenvalue weighted by Crippen LogP contribution is 2.25. The van der Waals surface area contributed by atoms with Crippen LogP contribution in [0.5, 0.6) is 0 Å². The first-order valence-corrected chi connectivity index (χ1v) is 8.87. The van der Waals surface area contributed by atoms with Crippen LogP contribution in [0.1, 0.15) is 62.7 Å². The summed E-state index contributed by atoms with van der Waals surface area (Å²) in [5.74, 6) is 0.758. The van der Waals surface area contributed by atoms with Crippen molar-refractivity contribution >= 4 is 11.9 Å². The Morgan fingerprint density at radius 1 is 1.42 bits per heavy atom. The van der Waals surface area contributed by atoms with E-state index in [1.54, 1.807) is 7.11 Å². The van der Waals surface area contributed by atoms with Gasteiger partial charge in [-0.2, -0.15) is 0 Å². The van der Waals surface area contributed by atoms with E-state index in [0.29, 0.717) is 19.1 Å². The van der Waals surface area contributed by atoms with Crippen molar-refractivity contribution in [1.82, 2.24) is 15.3 Å². The molecule has 1 heterocycles. The fraction of sp³-hybridized carbons (Fsp3) is 0.722. The molecule has 0 aromatic carbocycles. The summed E-state index contributed by atoms with van der Waals surface area (Å²) in [6.45, 7) is 4.37. The standard InChI is InChI=1S/C18H30N4O2/c1-13(20-17(23)10-11-24-4)16-12-19-18(21-14(16)2)22(3)15-8-6-5-7-9-15/h12-13,15H,5-11H2,1-4H3,(H,20,23). The van der Waals surface area contributed by atoms with Gasteiger partial charge >= 0.3 is 0 Å². The third kappa shape index (κ3) is 4.90. The van der Waals surface area contributed by atoms with Crippen molar-refractivity contribution in [3.05, 3.63) is 17.5 Å².